The molecule has 0 bridgehead atoms. The highest BCUT2D eigenvalue weighted by Crippen LogP contribution is 2.46. The molecule has 7 nitrogen and oxygen atoms in total. The van der Waals surface area contributed by atoms with Crippen LogP contribution >= 0.6 is 27.7 Å². The van der Waals surface area contributed by atoms with E-state index >= 15 is 0 Å². The lowest BCUT2D eigenvalue weighted by Crippen LogP contribution is -2.38. The molecule has 10 heteroatoms. The van der Waals surface area contributed by atoms with Gasteiger partial charge in [-0.1, -0.05) is 30.0 Å². The van der Waals surface area contributed by atoms with Gasteiger partial charge in [-0.05, 0) is 41.9 Å². The number of amidine groups is 1. The number of carbonyl (C=O) groups excluding carboxylic acids is 1. The zero-order chi connectivity index (χ0) is 22.9. The quantitative estimate of drug-likeness (QED) is 0.545. The monoisotopic (exact) mass is 538 g/mol. The van der Waals surface area contributed by atoms with Crippen molar-refractivity contribution in [2.24, 2.45) is 4.99 Å². The van der Waals surface area contributed by atoms with Gasteiger partial charge < -0.3 is 14.4 Å². The molecule has 0 unspecified atom stereocenters. The minimum atomic E-state index is -3.17. The topological polar surface area (TPSA) is 85.3 Å². The standard InChI is InChI=1S/C22H23BrN2O5S2/c1-3-29-18-10-15(23)16(11-19(18)30-4-2)25-17-12-32(27,28)13-20(17)31-22(25)24-21(26)14-8-6-5-7-9-14/h5-11,17,20H,3-4,12-13H2,1-2H3/t17-,20-/m0/s1. The third kappa shape index (κ3) is 4.67. The lowest BCUT2D eigenvalue weighted by molar-refractivity contribution is 0.100. The van der Waals surface area contributed by atoms with Crippen molar-refractivity contribution in [3.05, 3.63) is 52.5 Å². The number of anilines is 1. The third-order valence-corrected chi connectivity index (χ3v) is 9.00. The third-order valence-electron chi connectivity index (χ3n) is 5.16. The van der Waals surface area contributed by atoms with Crippen LogP contribution in [0.4, 0.5) is 5.69 Å². The Balaban J connectivity index is 1.79. The summed E-state index contributed by atoms with van der Waals surface area (Å²) >= 11 is 4.94. The second-order valence-electron chi connectivity index (χ2n) is 7.35. The molecule has 2 aromatic rings. The molecule has 0 saturated carbocycles. The molecule has 2 saturated heterocycles. The molecule has 0 aliphatic carbocycles. The number of nitrogens with zero attached hydrogens (tertiary/aromatic N) is 2. The Morgan fingerprint density at radius 3 is 2.44 bits per heavy atom. The number of amides is 1. The molecular weight excluding hydrogens is 516 g/mol. The highest BCUT2D eigenvalue weighted by Gasteiger charge is 2.50. The van der Waals surface area contributed by atoms with E-state index in [0.717, 1.165) is 0 Å². The van der Waals surface area contributed by atoms with Crippen LogP contribution in [0.15, 0.2) is 51.9 Å². The normalized spacial score (nSPS) is 22.7. The van der Waals surface area contributed by atoms with Crippen LogP contribution in [0.1, 0.15) is 24.2 Å². The van der Waals surface area contributed by atoms with Crippen LogP contribution in [-0.2, 0) is 9.84 Å². The van der Waals surface area contributed by atoms with Crippen LogP contribution in [0.2, 0.25) is 0 Å². The van der Waals surface area contributed by atoms with E-state index in [1.807, 2.05) is 36.9 Å². The van der Waals surface area contributed by atoms with Crippen molar-refractivity contribution < 1.29 is 22.7 Å². The summed E-state index contributed by atoms with van der Waals surface area (Å²) < 4.78 is 36.9. The SMILES string of the molecule is CCOc1cc(Br)c(N2C(=NC(=O)c3ccccc3)S[C@H]3CS(=O)(=O)C[C@@H]32)cc1OCC. The number of thioether (sulfide) groups is 1. The number of halogens is 1. The van der Waals surface area contributed by atoms with Gasteiger partial charge in [0.2, 0.25) is 0 Å². The molecular formula is C22H23BrN2O5S2. The first kappa shape index (κ1) is 23.1. The molecule has 170 valence electrons. The number of hydrogen-bond donors (Lipinski definition) is 0. The van der Waals surface area contributed by atoms with E-state index in [1.165, 1.54) is 11.8 Å². The number of carbonyl (C=O) groups is 1. The maximum atomic E-state index is 12.8. The zero-order valence-electron chi connectivity index (χ0n) is 17.7. The van der Waals surface area contributed by atoms with Crippen molar-refractivity contribution in [1.82, 2.24) is 0 Å². The molecule has 0 radical (unpaired) electrons. The summed E-state index contributed by atoms with van der Waals surface area (Å²) in [5.41, 5.74) is 1.17. The highest BCUT2D eigenvalue weighted by molar-refractivity contribution is 9.10. The molecule has 32 heavy (non-hydrogen) atoms. The minimum absolute atomic E-state index is 0.00678. The maximum Gasteiger partial charge on any atom is 0.279 e. The van der Waals surface area contributed by atoms with Gasteiger partial charge in [0, 0.05) is 27.4 Å². The van der Waals surface area contributed by atoms with E-state index in [4.69, 9.17) is 9.47 Å². The maximum absolute atomic E-state index is 12.8. The summed E-state index contributed by atoms with van der Waals surface area (Å²) in [6.45, 7) is 4.70. The van der Waals surface area contributed by atoms with Crippen LogP contribution in [0.25, 0.3) is 0 Å². The molecule has 2 fully saturated rings. The predicted octanol–water partition coefficient (Wildman–Crippen LogP) is 4.16. The second-order valence-corrected chi connectivity index (χ2v) is 11.6. The lowest BCUT2D eigenvalue weighted by Gasteiger charge is -2.27. The molecule has 4 rings (SSSR count). The van der Waals surface area contributed by atoms with Crippen LogP contribution in [0, 0.1) is 0 Å². The summed E-state index contributed by atoms with van der Waals surface area (Å²) in [6, 6.07) is 12.1. The fourth-order valence-corrected chi connectivity index (χ4v) is 8.24. The first-order valence-electron chi connectivity index (χ1n) is 10.3. The number of benzene rings is 2. The summed E-state index contributed by atoms with van der Waals surface area (Å²) in [6.07, 6.45) is 0. The fourth-order valence-electron chi connectivity index (χ4n) is 3.82. The van der Waals surface area contributed by atoms with Gasteiger partial charge >= 0.3 is 0 Å². The van der Waals surface area contributed by atoms with Crippen molar-refractivity contribution in [1.29, 1.82) is 0 Å². The summed E-state index contributed by atoms with van der Waals surface area (Å²) in [5, 5.41) is 0.285. The van der Waals surface area contributed by atoms with Crippen LogP contribution in [-0.4, -0.2) is 55.5 Å². The Morgan fingerprint density at radius 1 is 1.12 bits per heavy atom. The molecule has 0 aromatic heterocycles. The first-order chi connectivity index (χ1) is 15.3. The van der Waals surface area contributed by atoms with Gasteiger partial charge in [-0.15, -0.1) is 0 Å². The molecule has 2 aromatic carbocycles. The van der Waals surface area contributed by atoms with Gasteiger partial charge in [-0.2, -0.15) is 4.99 Å². The van der Waals surface area contributed by atoms with Crippen molar-refractivity contribution in [2.45, 2.75) is 25.1 Å². The van der Waals surface area contributed by atoms with Crippen molar-refractivity contribution >= 4 is 54.3 Å². The Labute approximate surface area is 200 Å². The van der Waals surface area contributed by atoms with E-state index in [2.05, 4.69) is 20.9 Å². The van der Waals surface area contributed by atoms with Crippen LogP contribution in [0.3, 0.4) is 0 Å². The Kier molecular flexibility index (Phi) is 6.83. The van der Waals surface area contributed by atoms with E-state index < -0.39 is 9.84 Å². The van der Waals surface area contributed by atoms with Gasteiger partial charge in [0.25, 0.3) is 5.91 Å². The summed E-state index contributed by atoms with van der Waals surface area (Å²) in [4.78, 5) is 19.1. The Bertz CT molecular complexity index is 1150. The summed E-state index contributed by atoms with van der Waals surface area (Å²) in [7, 11) is -3.17. The zero-order valence-corrected chi connectivity index (χ0v) is 20.9. The molecule has 2 atom stereocenters. The fraction of sp³-hybridized carbons (Fsp3) is 0.364. The number of aliphatic imine (C=N–C) groups is 1. The smallest absolute Gasteiger partial charge is 0.279 e. The molecule has 2 heterocycles. The van der Waals surface area contributed by atoms with Gasteiger partial charge in [-0.3, -0.25) is 4.79 Å². The molecule has 2 aliphatic rings. The number of hydrogen-bond acceptors (Lipinski definition) is 6. The Morgan fingerprint density at radius 2 is 1.78 bits per heavy atom. The minimum Gasteiger partial charge on any atom is -0.490 e. The van der Waals surface area contributed by atoms with Crippen molar-refractivity contribution in [2.75, 3.05) is 29.6 Å². The average molecular weight is 539 g/mol. The number of ether oxygens (including phenoxy) is 2. The van der Waals surface area contributed by atoms with Crippen molar-refractivity contribution in [3.63, 3.8) is 0 Å². The largest absolute Gasteiger partial charge is 0.490 e. The number of rotatable bonds is 6. The predicted molar refractivity (Wildman–Crippen MR) is 131 cm³/mol. The van der Waals surface area contributed by atoms with Crippen LogP contribution < -0.4 is 14.4 Å². The first-order valence-corrected chi connectivity index (χ1v) is 13.8. The van der Waals surface area contributed by atoms with Crippen LogP contribution in [0.5, 0.6) is 11.5 Å². The van der Waals surface area contributed by atoms with Gasteiger partial charge in [0.1, 0.15) is 0 Å². The summed E-state index contributed by atoms with van der Waals surface area (Å²) in [5.74, 6) is 0.840. The van der Waals surface area contributed by atoms with Gasteiger partial charge in [0.05, 0.1) is 36.4 Å². The highest BCUT2D eigenvalue weighted by atomic mass is 79.9. The number of fused-ring (bicyclic) bond motifs is 1. The molecule has 2 aliphatic heterocycles. The van der Waals surface area contributed by atoms with E-state index in [0.29, 0.717) is 45.6 Å². The molecule has 0 N–H and O–H groups in total. The van der Waals surface area contributed by atoms with Gasteiger partial charge in [0.15, 0.2) is 26.5 Å². The van der Waals surface area contributed by atoms with E-state index in [1.54, 1.807) is 24.3 Å². The van der Waals surface area contributed by atoms with E-state index in [-0.39, 0.29) is 28.7 Å². The average Bonchev–Trinajstić information content (AvgIpc) is 3.21. The molecule has 0 spiro atoms. The second kappa shape index (κ2) is 9.44. The number of sulfone groups is 1. The van der Waals surface area contributed by atoms with E-state index in [9.17, 15) is 13.2 Å². The van der Waals surface area contributed by atoms with Crippen molar-refractivity contribution in [3.8, 4) is 11.5 Å². The van der Waals surface area contributed by atoms with Gasteiger partial charge in [-0.25, -0.2) is 8.42 Å². The lowest BCUT2D eigenvalue weighted by atomic mass is 10.2. The molecule has 1 amide bonds. The Hall–Kier alpha value is -2.04.